The van der Waals surface area contributed by atoms with Gasteiger partial charge in [-0.15, -0.1) is 0 Å². The Balaban J connectivity index is 1.75. The van der Waals surface area contributed by atoms with E-state index in [-0.39, 0.29) is 5.91 Å². The molecule has 2 heterocycles. The Kier molecular flexibility index (Phi) is 4.33. The minimum absolute atomic E-state index is 0.0328. The zero-order chi connectivity index (χ0) is 16.2. The lowest BCUT2D eigenvalue weighted by molar-refractivity contribution is -0.116. The van der Waals surface area contributed by atoms with E-state index >= 15 is 0 Å². The summed E-state index contributed by atoms with van der Waals surface area (Å²) in [5.74, 6) is 0.329. The lowest BCUT2D eigenvalue weighted by atomic mass is 10.1. The van der Waals surface area contributed by atoms with E-state index in [4.69, 9.17) is 0 Å². The number of hydrogen-bond acceptors (Lipinski definition) is 3. The van der Waals surface area contributed by atoms with Crippen LogP contribution >= 0.6 is 0 Å². The SMILES string of the molecule is CC(C)C1=NN(c2ccc(C=Cc3ccccn3)cc2)C(=O)C1. The van der Waals surface area contributed by atoms with Gasteiger partial charge >= 0.3 is 0 Å². The van der Waals surface area contributed by atoms with Crippen LogP contribution in [0.25, 0.3) is 12.2 Å². The van der Waals surface area contributed by atoms with Crippen molar-refractivity contribution in [3.05, 3.63) is 59.9 Å². The summed E-state index contributed by atoms with van der Waals surface area (Å²) in [6, 6.07) is 13.6. The predicted molar refractivity (Wildman–Crippen MR) is 94.0 cm³/mol. The Hall–Kier alpha value is -2.75. The summed E-state index contributed by atoms with van der Waals surface area (Å²) in [5.41, 5.74) is 3.71. The molecule has 2 aromatic rings. The minimum atomic E-state index is 0.0328. The van der Waals surface area contributed by atoms with Gasteiger partial charge in [-0.2, -0.15) is 5.10 Å². The van der Waals surface area contributed by atoms with Gasteiger partial charge in [-0.05, 0) is 41.8 Å². The Bertz CT molecular complexity index is 746. The monoisotopic (exact) mass is 305 g/mol. The highest BCUT2D eigenvalue weighted by Gasteiger charge is 2.26. The van der Waals surface area contributed by atoms with Crippen LogP contribution in [0.3, 0.4) is 0 Å². The molecule has 0 saturated carbocycles. The lowest BCUT2D eigenvalue weighted by Crippen LogP contribution is -2.19. The molecule has 1 aliphatic rings. The normalized spacial score (nSPS) is 14.8. The van der Waals surface area contributed by atoms with Gasteiger partial charge in [-0.1, -0.05) is 38.1 Å². The Morgan fingerprint density at radius 2 is 1.87 bits per heavy atom. The van der Waals surface area contributed by atoms with Crippen LogP contribution in [-0.2, 0) is 4.79 Å². The summed E-state index contributed by atoms with van der Waals surface area (Å²) in [7, 11) is 0. The van der Waals surface area contributed by atoms with Gasteiger partial charge < -0.3 is 0 Å². The van der Waals surface area contributed by atoms with Crippen molar-refractivity contribution in [3.63, 3.8) is 0 Å². The fourth-order valence-corrected chi connectivity index (χ4v) is 2.35. The highest BCUT2D eigenvalue weighted by atomic mass is 16.2. The van der Waals surface area contributed by atoms with Crippen molar-refractivity contribution in [2.24, 2.45) is 11.0 Å². The Labute approximate surface area is 136 Å². The van der Waals surface area contributed by atoms with Gasteiger partial charge in [-0.25, -0.2) is 5.01 Å². The second-order valence-electron chi connectivity index (χ2n) is 5.81. The standard InChI is InChI=1S/C19H19N3O/c1-14(2)18-13-19(23)22(21-18)17-10-7-15(8-11-17)6-9-16-5-3-4-12-20-16/h3-12,14H,13H2,1-2H3. The fraction of sp³-hybridized carbons (Fsp3) is 0.211. The molecule has 0 saturated heterocycles. The Morgan fingerprint density at radius 1 is 1.09 bits per heavy atom. The second-order valence-corrected chi connectivity index (χ2v) is 5.81. The van der Waals surface area contributed by atoms with Crippen LogP contribution in [0.2, 0.25) is 0 Å². The molecular weight excluding hydrogens is 286 g/mol. The Morgan fingerprint density at radius 3 is 2.48 bits per heavy atom. The molecule has 0 N–H and O–H groups in total. The number of hydrogen-bond donors (Lipinski definition) is 0. The number of aromatic nitrogens is 1. The first kappa shape index (κ1) is 15.2. The number of hydrazone groups is 1. The van der Waals surface area contributed by atoms with E-state index < -0.39 is 0 Å². The van der Waals surface area contributed by atoms with Crippen molar-refractivity contribution in [1.82, 2.24) is 4.98 Å². The summed E-state index contributed by atoms with van der Waals surface area (Å²) < 4.78 is 0. The first-order valence-corrected chi connectivity index (χ1v) is 7.73. The van der Waals surface area contributed by atoms with Crippen molar-refractivity contribution in [1.29, 1.82) is 0 Å². The average molecular weight is 305 g/mol. The third-order valence-electron chi connectivity index (χ3n) is 3.74. The maximum atomic E-state index is 12.1. The molecule has 1 aliphatic heterocycles. The van der Waals surface area contributed by atoms with Gasteiger partial charge in [0.1, 0.15) is 0 Å². The van der Waals surface area contributed by atoms with Gasteiger partial charge in [-0.3, -0.25) is 9.78 Å². The second kappa shape index (κ2) is 6.57. The zero-order valence-electron chi connectivity index (χ0n) is 13.3. The number of pyridine rings is 1. The summed E-state index contributed by atoms with van der Waals surface area (Å²) in [5, 5.41) is 5.94. The van der Waals surface area contributed by atoms with Crippen molar-refractivity contribution < 1.29 is 4.79 Å². The third kappa shape index (κ3) is 3.54. The molecule has 1 aromatic carbocycles. The molecule has 0 spiro atoms. The number of anilines is 1. The van der Waals surface area contributed by atoms with Gasteiger partial charge in [0.05, 0.1) is 23.5 Å². The number of carbonyl (C=O) groups is 1. The minimum Gasteiger partial charge on any atom is -0.272 e. The number of nitrogens with zero attached hydrogens (tertiary/aromatic N) is 3. The molecule has 0 aliphatic carbocycles. The summed E-state index contributed by atoms with van der Waals surface area (Å²) >= 11 is 0. The van der Waals surface area contributed by atoms with E-state index in [0.29, 0.717) is 12.3 Å². The number of carbonyl (C=O) groups excluding carboxylic acids is 1. The topological polar surface area (TPSA) is 45.6 Å². The summed E-state index contributed by atoms with van der Waals surface area (Å²) in [4.78, 5) is 16.3. The summed E-state index contributed by atoms with van der Waals surface area (Å²) in [6.07, 6.45) is 6.15. The quantitative estimate of drug-likeness (QED) is 0.857. The van der Waals surface area contributed by atoms with E-state index in [0.717, 1.165) is 22.7 Å². The van der Waals surface area contributed by atoms with Crippen LogP contribution in [0.4, 0.5) is 5.69 Å². The fourth-order valence-electron chi connectivity index (χ4n) is 2.35. The highest BCUT2D eigenvalue weighted by molar-refractivity contribution is 6.13. The zero-order valence-corrected chi connectivity index (χ0v) is 13.3. The van der Waals surface area contributed by atoms with E-state index in [2.05, 4.69) is 23.9 Å². The van der Waals surface area contributed by atoms with Gasteiger partial charge in [0.25, 0.3) is 5.91 Å². The van der Waals surface area contributed by atoms with Crippen LogP contribution in [-0.4, -0.2) is 16.6 Å². The lowest BCUT2D eigenvalue weighted by Gasteiger charge is -2.11. The van der Waals surface area contributed by atoms with Gasteiger partial charge in [0, 0.05) is 6.20 Å². The van der Waals surface area contributed by atoms with Crippen molar-refractivity contribution >= 4 is 29.5 Å². The first-order chi connectivity index (χ1) is 11.1. The van der Waals surface area contributed by atoms with E-state index in [1.54, 1.807) is 6.20 Å². The maximum absolute atomic E-state index is 12.1. The van der Waals surface area contributed by atoms with Gasteiger partial charge in [0.2, 0.25) is 0 Å². The molecule has 1 aromatic heterocycles. The molecular formula is C19H19N3O. The van der Waals surface area contributed by atoms with E-state index in [1.807, 2.05) is 54.6 Å². The molecule has 4 nitrogen and oxygen atoms in total. The first-order valence-electron chi connectivity index (χ1n) is 7.73. The molecule has 0 fully saturated rings. The van der Waals surface area contributed by atoms with Crippen LogP contribution < -0.4 is 5.01 Å². The van der Waals surface area contributed by atoms with Crippen LogP contribution in [0.1, 0.15) is 31.5 Å². The molecule has 4 heteroatoms. The highest BCUT2D eigenvalue weighted by Crippen LogP contribution is 2.23. The molecule has 0 radical (unpaired) electrons. The molecule has 0 atom stereocenters. The maximum Gasteiger partial charge on any atom is 0.253 e. The molecule has 0 bridgehead atoms. The van der Waals surface area contributed by atoms with Crippen LogP contribution in [0, 0.1) is 5.92 Å². The number of amides is 1. The van der Waals surface area contributed by atoms with Crippen molar-refractivity contribution in [2.45, 2.75) is 20.3 Å². The number of rotatable bonds is 4. The van der Waals surface area contributed by atoms with Crippen molar-refractivity contribution in [2.75, 3.05) is 5.01 Å². The van der Waals surface area contributed by atoms with Crippen molar-refractivity contribution in [3.8, 4) is 0 Å². The molecule has 3 rings (SSSR count). The van der Waals surface area contributed by atoms with Crippen LogP contribution in [0.5, 0.6) is 0 Å². The molecule has 0 unspecified atom stereocenters. The predicted octanol–water partition coefficient (Wildman–Crippen LogP) is 4.00. The molecule has 1 amide bonds. The average Bonchev–Trinajstić information content (AvgIpc) is 2.97. The third-order valence-corrected chi connectivity index (χ3v) is 3.74. The molecule has 116 valence electrons. The van der Waals surface area contributed by atoms with E-state index in [9.17, 15) is 4.79 Å². The molecule has 23 heavy (non-hydrogen) atoms. The van der Waals surface area contributed by atoms with Gasteiger partial charge in [0.15, 0.2) is 0 Å². The largest absolute Gasteiger partial charge is 0.272 e. The summed E-state index contributed by atoms with van der Waals surface area (Å²) in [6.45, 7) is 4.11. The number of benzene rings is 1. The smallest absolute Gasteiger partial charge is 0.253 e. The van der Waals surface area contributed by atoms with E-state index in [1.165, 1.54) is 5.01 Å². The van der Waals surface area contributed by atoms with Crippen LogP contribution in [0.15, 0.2) is 53.8 Å².